The van der Waals surface area contributed by atoms with Crippen molar-refractivity contribution in [1.29, 1.82) is 0 Å². The standard InChI is InChI=1S/C64H43N5Si/c1-4-22-46(23-5-1)70(47-24-6-2-7-25-47,48-26-8-3-9-27-48)49-28-20-21-44(41-49)56-43-63(66-64(65-56)69-60-37-18-12-31-52(60)53-32-13-19-38-61(53)69)68-59-36-17-14-33-54(59)55-42-45(39-40-62(55)68)67-57-34-15-10-29-50(57)51-30-11-16-35-58(51)67/h1-43H. The molecule has 0 spiro atoms. The van der Waals surface area contributed by atoms with E-state index in [1.54, 1.807) is 0 Å². The molecule has 0 saturated carbocycles. The molecule has 70 heavy (non-hydrogen) atoms. The highest BCUT2D eigenvalue weighted by Gasteiger charge is 2.41. The first-order chi connectivity index (χ1) is 34.7. The minimum absolute atomic E-state index is 0.612. The van der Waals surface area contributed by atoms with Gasteiger partial charge in [-0.15, -0.1) is 0 Å². The smallest absolute Gasteiger partial charge is 0.237 e. The lowest BCUT2D eigenvalue weighted by molar-refractivity contribution is 0.952. The lowest BCUT2D eigenvalue weighted by Crippen LogP contribution is -2.74. The topological polar surface area (TPSA) is 40.6 Å². The van der Waals surface area contributed by atoms with Crippen LogP contribution in [0.2, 0.25) is 0 Å². The molecule has 328 valence electrons. The van der Waals surface area contributed by atoms with Gasteiger partial charge >= 0.3 is 0 Å². The van der Waals surface area contributed by atoms with Crippen molar-refractivity contribution in [2.75, 3.05) is 0 Å². The molecule has 0 fully saturated rings. The van der Waals surface area contributed by atoms with Gasteiger partial charge in [0.05, 0.1) is 38.8 Å². The highest BCUT2D eigenvalue weighted by atomic mass is 28.3. The van der Waals surface area contributed by atoms with E-state index in [-0.39, 0.29) is 0 Å². The van der Waals surface area contributed by atoms with E-state index >= 15 is 0 Å². The average molecular weight is 910 g/mol. The third-order valence-corrected chi connectivity index (χ3v) is 19.2. The summed E-state index contributed by atoms with van der Waals surface area (Å²) in [5.74, 6) is 1.40. The Morgan fingerprint density at radius 3 is 1.17 bits per heavy atom. The third kappa shape index (κ3) is 6.03. The molecule has 0 bridgehead atoms. The van der Waals surface area contributed by atoms with Crippen LogP contribution in [0.15, 0.2) is 261 Å². The molecule has 0 amide bonds. The van der Waals surface area contributed by atoms with Gasteiger partial charge in [-0.3, -0.25) is 9.13 Å². The maximum Gasteiger partial charge on any atom is 0.237 e. The predicted molar refractivity (Wildman–Crippen MR) is 294 cm³/mol. The zero-order valence-electron chi connectivity index (χ0n) is 38.1. The molecular weight excluding hydrogens is 867 g/mol. The zero-order valence-corrected chi connectivity index (χ0v) is 39.1. The van der Waals surface area contributed by atoms with Crippen molar-refractivity contribution in [3.63, 3.8) is 0 Å². The highest BCUT2D eigenvalue weighted by molar-refractivity contribution is 7.19. The van der Waals surface area contributed by atoms with Gasteiger partial charge < -0.3 is 4.57 Å². The highest BCUT2D eigenvalue weighted by Crippen LogP contribution is 2.38. The Hall–Kier alpha value is -9.10. The number of aromatic nitrogens is 5. The number of benzene rings is 10. The van der Waals surface area contributed by atoms with Crippen molar-refractivity contribution < 1.29 is 0 Å². The lowest BCUT2D eigenvalue weighted by Gasteiger charge is -2.34. The average Bonchev–Trinajstić information content (AvgIpc) is 4.08. The van der Waals surface area contributed by atoms with Crippen LogP contribution in [0.4, 0.5) is 0 Å². The van der Waals surface area contributed by atoms with E-state index in [1.807, 2.05) is 0 Å². The van der Waals surface area contributed by atoms with Gasteiger partial charge in [-0.1, -0.05) is 206 Å². The Labute approximate surface area is 405 Å². The summed E-state index contributed by atoms with van der Waals surface area (Å²) < 4.78 is 6.98. The summed E-state index contributed by atoms with van der Waals surface area (Å²) in [6, 6.07) is 94.9. The number of fused-ring (bicyclic) bond motifs is 9. The first kappa shape index (κ1) is 40.0. The molecule has 4 heterocycles. The summed E-state index contributed by atoms with van der Waals surface area (Å²) in [5.41, 5.74) is 9.61. The summed E-state index contributed by atoms with van der Waals surface area (Å²) in [4.78, 5) is 11.2. The Kier molecular flexibility index (Phi) is 9.15. The number of rotatable bonds is 8. The fraction of sp³-hybridized carbons (Fsp3) is 0. The molecule has 14 aromatic rings. The first-order valence-electron chi connectivity index (χ1n) is 23.9. The molecule has 0 aliphatic carbocycles. The number of nitrogens with zero attached hydrogens (tertiary/aromatic N) is 5. The van der Waals surface area contributed by atoms with Crippen LogP contribution in [0.25, 0.3) is 94.1 Å². The molecule has 0 aliphatic rings. The van der Waals surface area contributed by atoms with Gasteiger partial charge in [0.1, 0.15) is 5.82 Å². The number of hydrogen-bond donors (Lipinski definition) is 0. The van der Waals surface area contributed by atoms with Crippen molar-refractivity contribution >= 4 is 94.2 Å². The van der Waals surface area contributed by atoms with Gasteiger partial charge in [-0.05, 0) is 69.3 Å². The van der Waals surface area contributed by atoms with Crippen LogP contribution in [0.3, 0.4) is 0 Å². The number of hydrogen-bond acceptors (Lipinski definition) is 2. The van der Waals surface area contributed by atoms with Crippen LogP contribution in [-0.2, 0) is 0 Å². The normalized spacial score (nSPS) is 12.0. The molecule has 0 atom stereocenters. The van der Waals surface area contributed by atoms with Crippen molar-refractivity contribution in [1.82, 2.24) is 23.7 Å². The second-order valence-corrected chi connectivity index (χ2v) is 21.9. The molecule has 0 aliphatic heterocycles. The monoisotopic (exact) mass is 909 g/mol. The molecular formula is C64H43N5Si. The molecule has 5 nitrogen and oxygen atoms in total. The van der Waals surface area contributed by atoms with Gasteiger partial charge in [0.15, 0.2) is 8.07 Å². The van der Waals surface area contributed by atoms with Crippen molar-refractivity contribution in [2.45, 2.75) is 0 Å². The fourth-order valence-electron chi connectivity index (χ4n) is 11.4. The zero-order chi connectivity index (χ0) is 46.2. The maximum absolute atomic E-state index is 5.63. The number of para-hydroxylation sites is 5. The predicted octanol–water partition coefficient (Wildman–Crippen LogP) is 12.8. The van der Waals surface area contributed by atoms with Gasteiger partial charge in [0.25, 0.3) is 0 Å². The SMILES string of the molecule is c1ccc([Si](c2ccccc2)(c2ccccc2)c2cccc(-c3cc(-n4c5ccccc5c5cc(-n6c7ccccc7c7ccccc76)ccc54)nc(-n4c5ccccc5c5ccccc54)n3)c2)cc1. The van der Waals surface area contributed by atoms with E-state index in [2.05, 4.69) is 275 Å². The molecule has 6 heteroatoms. The summed E-state index contributed by atoms with van der Waals surface area (Å²) >= 11 is 0. The minimum atomic E-state index is -2.86. The fourth-order valence-corrected chi connectivity index (χ4v) is 16.2. The van der Waals surface area contributed by atoms with Crippen molar-refractivity contribution in [2.24, 2.45) is 0 Å². The molecule has 14 rings (SSSR count). The van der Waals surface area contributed by atoms with Crippen LogP contribution in [0.1, 0.15) is 0 Å². The van der Waals surface area contributed by atoms with Gasteiger partial charge in [0.2, 0.25) is 5.95 Å². The van der Waals surface area contributed by atoms with Gasteiger partial charge in [0, 0.05) is 49.6 Å². The van der Waals surface area contributed by atoms with E-state index in [1.165, 1.54) is 42.6 Å². The van der Waals surface area contributed by atoms with Crippen LogP contribution in [-0.4, -0.2) is 31.7 Å². The van der Waals surface area contributed by atoms with Gasteiger partial charge in [-0.2, -0.15) is 4.98 Å². The molecule has 0 N–H and O–H groups in total. The Bertz CT molecular complexity index is 4100. The van der Waals surface area contributed by atoms with E-state index < -0.39 is 8.07 Å². The van der Waals surface area contributed by atoms with Gasteiger partial charge in [-0.25, -0.2) is 4.98 Å². The lowest BCUT2D eigenvalue weighted by atomic mass is 10.1. The Morgan fingerprint density at radius 1 is 0.271 bits per heavy atom. The van der Waals surface area contributed by atoms with E-state index in [0.717, 1.165) is 66.4 Å². The van der Waals surface area contributed by atoms with Crippen LogP contribution >= 0.6 is 0 Å². The summed E-state index contributed by atoms with van der Waals surface area (Å²) in [7, 11) is -2.86. The molecule has 0 saturated heterocycles. The van der Waals surface area contributed by atoms with Crippen LogP contribution in [0.5, 0.6) is 0 Å². The second kappa shape index (κ2) is 16.0. The summed E-state index contributed by atoms with van der Waals surface area (Å²) in [6.45, 7) is 0. The van der Waals surface area contributed by atoms with E-state index in [0.29, 0.717) is 5.95 Å². The van der Waals surface area contributed by atoms with E-state index in [4.69, 9.17) is 9.97 Å². The van der Waals surface area contributed by atoms with E-state index in [9.17, 15) is 0 Å². The molecule has 0 radical (unpaired) electrons. The molecule has 10 aromatic carbocycles. The Morgan fingerprint density at radius 2 is 0.671 bits per heavy atom. The first-order valence-corrected chi connectivity index (χ1v) is 25.9. The van der Waals surface area contributed by atoms with Crippen LogP contribution in [0, 0.1) is 0 Å². The van der Waals surface area contributed by atoms with Crippen molar-refractivity contribution in [3.8, 4) is 28.7 Å². The molecule has 0 unspecified atom stereocenters. The molecule has 4 aromatic heterocycles. The van der Waals surface area contributed by atoms with Crippen LogP contribution < -0.4 is 20.7 Å². The largest absolute Gasteiger partial charge is 0.309 e. The van der Waals surface area contributed by atoms with Crippen molar-refractivity contribution in [3.05, 3.63) is 261 Å². The Balaban J connectivity index is 1.04. The third-order valence-electron chi connectivity index (χ3n) is 14.4. The maximum atomic E-state index is 5.63. The summed E-state index contributed by atoms with van der Waals surface area (Å²) in [6.07, 6.45) is 0. The summed E-state index contributed by atoms with van der Waals surface area (Å²) in [5, 5.41) is 12.4. The second-order valence-electron chi connectivity index (χ2n) is 18.1. The quantitative estimate of drug-likeness (QED) is 0.113. The minimum Gasteiger partial charge on any atom is -0.309 e.